The third-order valence-electron chi connectivity index (χ3n) is 2.08. The Bertz CT molecular complexity index is 140. The summed E-state index contributed by atoms with van der Waals surface area (Å²) in [5, 5.41) is 6.69. The highest BCUT2D eigenvalue weighted by molar-refractivity contribution is 5.15. The maximum Gasteiger partial charge on any atom is 0.0656 e. The average Bonchev–Trinajstić information content (AvgIpc) is 2.33. The Hall–Kier alpha value is -0.500. The number of hydrogen-bond donors (Lipinski definition) is 2. The summed E-state index contributed by atoms with van der Waals surface area (Å²) in [6.45, 7) is 0.969. The quantitative estimate of drug-likeness (QED) is 0.493. The second-order valence-electron chi connectivity index (χ2n) is 2.70. The number of allylic oxidation sites excluding steroid dienone is 1. The van der Waals surface area contributed by atoms with Gasteiger partial charge in [-0.05, 0) is 19.3 Å². The predicted molar refractivity (Wildman–Crippen MR) is 36.9 cm³/mol. The molecular weight excluding hydrogens is 112 g/mol. The molecule has 0 aromatic heterocycles. The highest BCUT2D eigenvalue weighted by Gasteiger charge is 2.20. The molecule has 0 saturated carbocycles. The molecule has 50 valence electrons. The predicted octanol–water partition coefficient (Wildman–Crippen LogP) is 0.573. The molecule has 9 heavy (non-hydrogen) atoms. The first-order chi connectivity index (χ1) is 4.47. The van der Waals surface area contributed by atoms with Gasteiger partial charge < -0.3 is 5.32 Å². The number of rotatable bonds is 0. The van der Waals surface area contributed by atoms with E-state index in [9.17, 15) is 0 Å². The normalized spacial score (nSPS) is 32.9. The van der Waals surface area contributed by atoms with E-state index in [0.717, 1.165) is 6.67 Å². The minimum absolute atomic E-state index is 0.666. The Labute approximate surface area is 55.3 Å². The van der Waals surface area contributed by atoms with Crippen LogP contribution in [0.25, 0.3) is 0 Å². The molecule has 1 saturated heterocycles. The van der Waals surface area contributed by atoms with Gasteiger partial charge in [0.1, 0.15) is 0 Å². The fourth-order valence-corrected chi connectivity index (χ4v) is 1.56. The molecule has 2 N–H and O–H groups in total. The van der Waals surface area contributed by atoms with Crippen molar-refractivity contribution in [3.05, 3.63) is 11.8 Å². The largest absolute Gasteiger partial charge is 0.375 e. The fraction of sp³-hybridized carbons (Fsp3) is 0.714. The average molecular weight is 124 g/mol. The second kappa shape index (κ2) is 2.03. The number of nitrogens with one attached hydrogen (secondary N) is 2. The Balaban J connectivity index is 2.16. The van der Waals surface area contributed by atoms with Gasteiger partial charge in [0.2, 0.25) is 0 Å². The van der Waals surface area contributed by atoms with Crippen molar-refractivity contribution in [1.82, 2.24) is 10.6 Å². The minimum Gasteiger partial charge on any atom is -0.375 e. The summed E-state index contributed by atoms with van der Waals surface area (Å²) in [7, 11) is 0. The van der Waals surface area contributed by atoms with Crippen molar-refractivity contribution >= 4 is 0 Å². The van der Waals surface area contributed by atoms with Crippen LogP contribution >= 0.6 is 0 Å². The van der Waals surface area contributed by atoms with Crippen molar-refractivity contribution < 1.29 is 0 Å². The van der Waals surface area contributed by atoms with E-state index in [4.69, 9.17) is 0 Å². The van der Waals surface area contributed by atoms with E-state index in [2.05, 4.69) is 16.7 Å². The molecule has 1 heterocycles. The van der Waals surface area contributed by atoms with Crippen LogP contribution in [0.3, 0.4) is 0 Å². The van der Waals surface area contributed by atoms with Crippen LogP contribution in [0.2, 0.25) is 0 Å². The Morgan fingerprint density at radius 2 is 2.56 bits per heavy atom. The maximum absolute atomic E-state index is 3.38. The zero-order valence-electron chi connectivity index (χ0n) is 5.48. The lowest BCUT2D eigenvalue weighted by Gasteiger charge is -2.15. The molecule has 0 radical (unpaired) electrons. The Morgan fingerprint density at radius 1 is 1.56 bits per heavy atom. The molecule has 1 aliphatic heterocycles. The van der Waals surface area contributed by atoms with E-state index in [1.807, 2.05) is 0 Å². The summed E-state index contributed by atoms with van der Waals surface area (Å²) in [5.41, 5.74) is 1.43. The van der Waals surface area contributed by atoms with Crippen molar-refractivity contribution in [2.24, 2.45) is 0 Å². The van der Waals surface area contributed by atoms with E-state index >= 15 is 0 Å². The molecule has 2 heteroatoms. The van der Waals surface area contributed by atoms with Gasteiger partial charge in [0.15, 0.2) is 0 Å². The van der Waals surface area contributed by atoms with Gasteiger partial charge in [-0.1, -0.05) is 6.08 Å². The molecule has 1 aliphatic carbocycles. The number of hydrogen-bond acceptors (Lipinski definition) is 2. The monoisotopic (exact) mass is 124 g/mol. The third kappa shape index (κ3) is 0.833. The SMILES string of the molecule is C1=C2NCNC2CCC1. The van der Waals surface area contributed by atoms with Crippen LogP contribution in [-0.4, -0.2) is 12.7 Å². The minimum atomic E-state index is 0.666. The van der Waals surface area contributed by atoms with Crippen LogP contribution in [0.15, 0.2) is 11.8 Å². The zero-order valence-corrected chi connectivity index (χ0v) is 5.48. The van der Waals surface area contributed by atoms with E-state index in [1.54, 1.807) is 0 Å². The lowest BCUT2D eigenvalue weighted by Crippen LogP contribution is -2.23. The molecule has 0 bridgehead atoms. The van der Waals surface area contributed by atoms with E-state index in [1.165, 1.54) is 25.0 Å². The van der Waals surface area contributed by atoms with Gasteiger partial charge >= 0.3 is 0 Å². The molecule has 0 aromatic carbocycles. The van der Waals surface area contributed by atoms with Crippen molar-refractivity contribution in [3.8, 4) is 0 Å². The Morgan fingerprint density at radius 3 is 3.44 bits per heavy atom. The summed E-state index contributed by atoms with van der Waals surface area (Å²) in [5.74, 6) is 0. The molecule has 2 rings (SSSR count). The van der Waals surface area contributed by atoms with E-state index < -0.39 is 0 Å². The van der Waals surface area contributed by atoms with Crippen LogP contribution in [0.4, 0.5) is 0 Å². The summed E-state index contributed by atoms with van der Waals surface area (Å²) >= 11 is 0. The van der Waals surface area contributed by atoms with Crippen LogP contribution < -0.4 is 10.6 Å². The van der Waals surface area contributed by atoms with Gasteiger partial charge in [0.25, 0.3) is 0 Å². The molecule has 1 fully saturated rings. The van der Waals surface area contributed by atoms with Crippen molar-refractivity contribution in [2.75, 3.05) is 6.67 Å². The standard InChI is InChI=1S/C7H12N2/c1-2-4-7-6(3-1)8-5-9-7/h3,7-9H,1-2,4-5H2. The van der Waals surface area contributed by atoms with Crippen LogP contribution in [0.5, 0.6) is 0 Å². The van der Waals surface area contributed by atoms with E-state index in [0.29, 0.717) is 6.04 Å². The molecule has 0 amide bonds. The topological polar surface area (TPSA) is 24.1 Å². The molecular formula is C7H12N2. The van der Waals surface area contributed by atoms with Gasteiger partial charge in [-0.25, -0.2) is 0 Å². The van der Waals surface area contributed by atoms with Crippen LogP contribution in [0, 0.1) is 0 Å². The highest BCUT2D eigenvalue weighted by atomic mass is 15.2. The summed E-state index contributed by atoms with van der Waals surface area (Å²) in [4.78, 5) is 0. The molecule has 1 atom stereocenters. The van der Waals surface area contributed by atoms with Gasteiger partial charge in [-0.3, -0.25) is 5.32 Å². The maximum atomic E-state index is 3.38. The first kappa shape index (κ1) is 5.30. The highest BCUT2D eigenvalue weighted by Crippen LogP contribution is 2.18. The number of fused-ring (bicyclic) bond motifs is 1. The first-order valence-corrected chi connectivity index (χ1v) is 3.64. The van der Waals surface area contributed by atoms with Gasteiger partial charge in [-0.2, -0.15) is 0 Å². The zero-order chi connectivity index (χ0) is 6.10. The van der Waals surface area contributed by atoms with Gasteiger partial charge in [-0.15, -0.1) is 0 Å². The summed E-state index contributed by atoms with van der Waals surface area (Å²) < 4.78 is 0. The third-order valence-corrected chi connectivity index (χ3v) is 2.08. The summed E-state index contributed by atoms with van der Waals surface area (Å²) in [6, 6.07) is 0.666. The fourth-order valence-electron chi connectivity index (χ4n) is 1.56. The van der Waals surface area contributed by atoms with Gasteiger partial charge in [0.05, 0.1) is 6.67 Å². The molecule has 1 unspecified atom stereocenters. The Kier molecular flexibility index (Phi) is 1.19. The van der Waals surface area contributed by atoms with Gasteiger partial charge in [0, 0.05) is 11.7 Å². The van der Waals surface area contributed by atoms with Crippen molar-refractivity contribution in [3.63, 3.8) is 0 Å². The van der Waals surface area contributed by atoms with Crippen molar-refractivity contribution in [1.29, 1.82) is 0 Å². The molecule has 2 nitrogen and oxygen atoms in total. The second-order valence-corrected chi connectivity index (χ2v) is 2.70. The summed E-state index contributed by atoms with van der Waals surface area (Å²) in [6.07, 6.45) is 6.25. The molecule has 0 spiro atoms. The smallest absolute Gasteiger partial charge is 0.0656 e. The van der Waals surface area contributed by atoms with E-state index in [-0.39, 0.29) is 0 Å². The lowest BCUT2D eigenvalue weighted by molar-refractivity contribution is 0.567. The van der Waals surface area contributed by atoms with Crippen LogP contribution in [-0.2, 0) is 0 Å². The molecule has 2 aliphatic rings. The van der Waals surface area contributed by atoms with Crippen LogP contribution in [0.1, 0.15) is 19.3 Å². The lowest BCUT2D eigenvalue weighted by atomic mass is 10.0. The van der Waals surface area contributed by atoms with Crippen molar-refractivity contribution in [2.45, 2.75) is 25.3 Å². The first-order valence-electron chi connectivity index (χ1n) is 3.64. The molecule has 0 aromatic rings.